The molecule has 8 heteroatoms. The molecule has 0 bridgehead atoms. The zero-order chi connectivity index (χ0) is 22.4. The number of nitrogens with one attached hydrogen (secondary N) is 1. The molecule has 1 heterocycles. The average Bonchev–Trinajstić information content (AvgIpc) is 2.75. The SMILES string of the molecule is Cc1ccc(CC(=O)N2CCN(C(=O)NCCc3ccccc3C(F)(F)F)CC2)cc1. The maximum atomic E-state index is 13.1. The molecule has 1 N–H and O–H groups in total. The third-order valence-corrected chi connectivity index (χ3v) is 5.39. The van der Waals surface area contributed by atoms with Crippen LogP contribution in [0.25, 0.3) is 0 Å². The number of nitrogens with zero attached hydrogens (tertiary/aromatic N) is 2. The Morgan fingerprint density at radius 3 is 2.19 bits per heavy atom. The van der Waals surface area contributed by atoms with Crippen LogP contribution in [-0.4, -0.2) is 54.5 Å². The van der Waals surface area contributed by atoms with Crippen molar-refractivity contribution in [3.8, 4) is 0 Å². The molecule has 1 aliphatic heterocycles. The van der Waals surface area contributed by atoms with Crippen molar-refractivity contribution >= 4 is 11.9 Å². The van der Waals surface area contributed by atoms with E-state index in [4.69, 9.17) is 0 Å². The Morgan fingerprint density at radius 1 is 0.935 bits per heavy atom. The molecule has 0 atom stereocenters. The van der Waals surface area contributed by atoms with Crippen LogP contribution in [0.15, 0.2) is 48.5 Å². The maximum absolute atomic E-state index is 13.1. The van der Waals surface area contributed by atoms with E-state index in [9.17, 15) is 22.8 Å². The van der Waals surface area contributed by atoms with E-state index in [1.165, 1.54) is 12.1 Å². The molecule has 1 saturated heterocycles. The van der Waals surface area contributed by atoms with Gasteiger partial charge in [-0.2, -0.15) is 13.2 Å². The molecule has 1 fully saturated rings. The van der Waals surface area contributed by atoms with Crippen molar-refractivity contribution in [3.05, 3.63) is 70.8 Å². The van der Waals surface area contributed by atoms with Crippen molar-refractivity contribution in [2.45, 2.75) is 25.9 Å². The van der Waals surface area contributed by atoms with Crippen LogP contribution in [-0.2, 0) is 23.8 Å². The van der Waals surface area contributed by atoms with Crippen LogP contribution in [0.4, 0.5) is 18.0 Å². The number of alkyl halides is 3. The first-order valence-electron chi connectivity index (χ1n) is 10.3. The molecule has 0 aromatic heterocycles. The summed E-state index contributed by atoms with van der Waals surface area (Å²) >= 11 is 0. The van der Waals surface area contributed by atoms with E-state index in [0.717, 1.165) is 17.2 Å². The monoisotopic (exact) mass is 433 g/mol. The normalized spacial score (nSPS) is 14.5. The van der Waals surface area contributed by atoms with Gasteiger partial charge in [0.05, 0.1) is 12.0 Å². The van der Waals surface area contributed by atoms with Crippen molar-refractivity contribution in [2.75, 3.05) is 32.7 Å². The fourth-order valence-corrected chi connectivity index (χ4v) is 3.58. The summed E-state index contributed by atoms with van der Waals surface area (Å²) in [6, 6.07) is 12.9. The van der Waals surface area contributed by atoms with Crippen molar-refractivity contribution < 1.29 is 22.8 Å². The molecule has 31 heavy (non-hydrogen) atoms. The second-order valence-electron chi connectivity index (χ2n) is 7.67. The summed E-state index contributed by atoms with van der Waals surface area (Å²) in [5.74, 6) is 0.0210. The molecular weight excluding hydrogens is 407 g/mol. The van der Waals surface area contributed by atoms with Gasteiger partial charge in [-0.15, -0.1) is 0 Å². The first-order chi connectivity index (χ1) is 14.7. The number of hydrogen-bond acceptors (Lipinski definition) is 2. The quantitative estimate of drug-likeness (QED) is 0.783. The number of piperazine rings is 1. The van der Waals surface area contributed by atoms with E-state index in [0.29, 0.717) is 32.6 Å². The Labute approximate surface area is 179 Å². The van der Waals surface area contributed by atoms with Crippen molar-refractivity contribution in [1.82, 2.24) is 15.1 Å². The van der Waals surface area contributed by atoms with E-state index < -0.39 is 11.7 Å². The Kier molecular flexibility index (Phi) is 7.20. The zero-order valence-corrected chi connectivity index (χ0v) is 17.4. The van der Waals surface area contributed by atoms with Crippen LogP contribution in [0, 0.1) is 6.92 Å². The van der Waals surface area contributed by atoms with Crippen LogP contribution in [0.5, 0.6) is 0 Å². The maximum Gasteiger partial charge on any atom is 0.416 e. The summed E-state index contributed by atoms with van der Waals surface area (Å²) in [4.78, 5) is 28.2. The van der Waals surface area contributed by atoms with Gasteiger partial charge in [0.25, 0.3) is 0 Å². The van der Waals surface area contributed by atoms with E-state index in [-0.39, 0.29) is 30.5 Å². The molecule has 166 valence electrons. The Morgan fingerprint density at radius 2 is 1.55 bits per heavy atom. The van der Waals surface area contributed by atoms with E-state index in [2.05, 4.69) is 5.32 Å². The number of urea groups is 1. The minimum atomic E-state index is -4.41. The lowest BCUT2D eigenvalue weighted by atomic mass is 10.0. The molecule has 0 saturated carbocycles. The van der Waals surface area contributed by atoms with Gasteiger partial charge in [-0.05, 0) is 30.5 Å². The van der Waals surface area contributed by atoms with Crippen LogP contribution < -0.4 is 5.32 Å². The first kappa shape index (κ1) is 22.7. The number of carbonyl (C=O) groups is 2. The van der Waals surface area contributed by atoms with Gasteiger partial charge in [-0.25, -0.2) is 4.79 Å². The standard InChI is InChI=1S/C23H26F3N3O2/c1-17-6-8-18(9-7-17)16-21(30)28-12-14-29(15-13-28)22(31)27-11-10-19-4-2-3-5-20(19)23(24,25)26/h2-9H,10-16H2,1H3,(H,27,31). The topological polar surface area (TPSA) is 52.7 Å². The Balaban J connectivity index is 1.43. The van der Waals surface area contributed by atoms with Gasteiger partial charge < -0.3 is 15.1 Å². The van der Waals surface area contributed by atoms with Crippen LogP contribution in [0.1, 0.15) is 22.3 Å². The molecule has 0 aliphatic carbocycles. The smallest absolute Gasteiger partial charge is 0.339 e. The highest BCUT2D eigenvalue weighted by Gasteiger charge is 2.32. The molecule has 0 unspecified atom stereocenters. The van der Waals surface area contributed by atoms with Crippen LogP contribution in [0.2, 0.25) is 0 Å². The zero-order valence-electron chi connectivity index (χ0n) is 17.4. The predicted molar refractivity (Wildman–Crippen MR) is 112 cm³/mol. The largest absolute Gasteiger partial charge is 0.416 e. The van der Waals surface area contributed by atoms with E-state index >= 15 is 0 Å². The molecule has 1 aliphatic rings. The van der Waals surface area contributed by atoms with Gasteiger partial charge in [0.2, 0.25) is 5.91 Å². The highest BCUT2D eigenvalue weighted by molar-refractivity contribution is 5.79. The van der Waals surface area contributed by atoms with Gasteiger partial charge >= 0.3 is 12.2 Å². The van der Waals surface area contributed by atoms with Gasteiger partial charge in [0, 0.05) is 32.7 Å². The lowest BCUT2D eigenvalue weighted by Gasteiger charge is -2.34. The van der Waals surface area contributed by atoms with Crippen LogP contribution in [0.3, 0.4) is 0 Å². The molecule has 3 rings (SSSR count). The number of amides is 3. The average molecular weight is 433 g/mol. The number of carbonyl (C=O) groups excluding carboxylic acids is 2. The summed E-state index contributed by atoms with van der Waals surface area (Å²) in [7, 11) is 0. The summed E-state index contributed by atoms with van der Waals surface area (Å²) in [6.45, 7) is 3.77. The molecule has 5 nitrogen and oxygen atoms in total. The highest BCUT2D eigenvalue weighted by Crippen LogP contribution is 2.31. The number of hydrogen-bond donors (Lipinski definition) is 1. The minimum Gasteiger partial charge on any atom is -0.339 e. The fourth-order valence-electron chi connectivity index (χ4n) is 3.58. The van der Waals surface area contributed by atoms with Gasteiger partial charge in [0.1, 0.15) is 0 Å². The van der Waals surface area contributed by atoms with Crippen molar-refractivity contribution in [1.29, 1.82) is 0 Å². The van der Waals surface area contributed by atoms with Gasteiger partial charge in [-0.1, -0.05) is 48.0 Å². The van der Waals surface area contributed by atoms with E-state index in [1.807, 2.05) is 31.2 Å². The summed E-state index contributed by atoms with van der Waals surface area (Å²) in [6.07, 6.45) is -4.00. The van der Waals surface area contributed by atoms with Crippen molar-refractivity contribution in [2.24, 2.45) is 0 Å². The third-order valence-electron chi connectivity index (χ3n) is 5.39. The van der Waals surface area contributed by atoms with E-state index in [1.54, 1.807) is 15.9 Å². The molecule has 0 spiro atoms. The number of halogens is 3. The lowest BCUT2D eigenvalue weighted by Crippen LogP contribution is -2.53. The number of rotatable bonds is 5. The second kappa shape index (κ2) is 9.85. The third kappa shape index (κ3) is 6.23. The molecule has 2 aromatic rings. The fraction of sp³-hybridized carbons (Fsp3) is 0.391. The minimum absolute atomic E-state index is 0.0210. The molecule has 0 radical (unpaired) electrons. The highest BCUT2D eigenvalue weighted by atomic mass is 19.4. The summed E-state index contributed by atoms with van der Waals surface area (Å²) in [5.41, 5.74) is 1.57. The second-order valence-corrected chi connectivity index (χ2v) is 7.67. The molecule has 3 amide bonds. The summed E-state index contributed by atoms with van der Waals surface area (Å²) < 4.78 is 39.2. The van der Waals surface area contributed by atoms with Crippen LogP contribution >= 0.6 is 0 Å². The lowest BCUT2D eigenvalue weighted by molar-refractivity contribution is -0.138. The number of benzene rings is 2. The molecular formula is C23H26F3N3O2. The van der Waals surface area contributed by atoms with Gasteiger partial charge in [-0.3, -0.25) is 4.79 Å². The first-order valence-corrected chi connectivity index (χ1v) is 10.3. The number of aryl methyl sites for hydroxylation is 1. The Hall–Kier alpha value is -3.03. The predicted octanol–water partition coefficient (Wildman–Crippen LogP) is 3.65. The van der Waals surface area contributed by atoms with Crippen molar-refractivity contribution in [3.63, 3.8) is 0 Å². The Bertz CT molecular complexity index is 905. The summed E-state index contributed by atoms with van der Waals surface area (Å²) in [5, 5.41) is 2.68. The van der Waals surface area contributed by atoms with Gasteiger partial charge in [0.15, 0.2) is 0 Å². The molecule has 2 aromatic carbocycles.